The second kappa shape index (κ2) is 8.30. The Morgan fingerprint density at radius 1 is 1.18 bits per heavy atom. The molecule has 0 aromatic carbocycles. The highest BCUT2D eigenvalue weighted by atomic mass is 19.1. The normalized spacial score (nSPS) is 15.3. The number of pyridine rings is 2. The summed E-state index contributed by atoms with van der Waals surface area (Å²) < 4.78 is 36.4. The van der Waals surface area contributed by atoms with Gasteiger partial charge in [0.1, 0.15) is 18.1 Å². The van der Waals surface area contributed by atoms with Crippen LogP contribution in [0.25, 0.3) is 22.7 Å². The first kappa shape index (κ1) is 21.6. The third-order valence-electron chi connectivity index (χ3n) is 5.97. The SMILES string of the molecule is Cc1ncc(-c2cc(C#N)c(N3CCC(F)(c4nncn4C)CC3)c(-c3ccc(F)nc3)n2)o1. The van der Waals surface area contributed by atoms with Crippen molar-refractivity contribution < 1.29 is 13.2 Å². The van der Waals surface area contributed by atoms with E-state index in [1.165, 1.54) is 24.8 Å². The molecular weight excluding hydrogens is 442 g/mol. The Morgan fingerprint density at radius 2 is 1.97 bits per heavy atom. The second-order valence-corrected chi connectivity index (χ2v) is 8.20. The van der Waals surface area contributed by atoms with Crippen molar-refractivity contribution in [3.8, 4) is 28.8 Å². The first-order valence-corrected chi connectivity index (χ1v) is 10.7. The molecule has 0 aliphatic carbocycles. The van der Waals surface area contributed by atoms with Crippen LogP contribution in [0.5, 0.6) is 0 Å². The lowest BCUT2D eigenvalue weighted by molar-refractivity contribution is 0.109. The number of halogens is 2. The zero-order valence-electron chi connectivity index (χ0n) is 18.5. The Kier molecular flexibility index (Phi) is 5.28. The minimum absolute atomic E-state index is 0.161. The predicted octanol–water partition coefficient (Wildman–Crippen LogP) is 3.71. The van der Waals surface area contributed by atoms with Gasteiger partial charge in [0.2, 0.25) is 5.95 Å². The molecule has 4 aromatic rings. The van der Waals surface area contributed by atoms with Gasteiger partial charge in [-0.3, -0.25) is 0 Å². The number of nitrogens with zero attached hydrogens (tertiary/aromatic N) is 8. The van der Waals surface area contributed by atoms with Crippen LogP contribution in [0.2, 0.25) is 0 Å². The molecule has 9 nitrogen and oxygen atoms in total. The highest BCUT2D eigenvalue weighted by molar-refractivity contribution is 5.82. The molecule has 0 amide bonds. The Morgan fingerprint density at radius 3 is 2.56 bits per heavy atom. The molecule has 11 heteroatoms. The molecule has 0 N–H and O–H groups in total. The molecule has 0 radical (unpaired) electrons. The minimum atomic E-state index is -1.63. The molecule has 172 valence electrons. The summed E-state index contributed by atoms with van der Waals surface area (Å²) in [4.78, 5) is 14.5. The fourth-order valence-electron chi connectivity index (χ4n) is 4.26. The van der Waals surface area contributed by atoms with Gasteiger partial charge in [-0.2, -0.15) is 9.65 Å². The van der Waals surface area contributed by atoms with Crippen LogP contribution < -0.4 is 4.90 Å². The highest BCUT2D eigenvalue weighted by Crippen LogP contribution is 2.41. The Hall–Kier alpha value is -4.20. The van der Waals surface area contributed by atoms with Crippen LogP contribution in [0.4, 0.5) is 14.5 Å². The zero-order chi connectivity index (χ0) is 23.9. The number of piperidine rings is 1. The van der Waals surface area contributed by atoms with Crippen LogP contribution in [0.3, 0.4) is 0 Å². The van der Waals surface area contributed by atoms with Gasteiger partial charge < -0.3 is 13.9 Å². The average molecular weight is 462 g/mol. The Bertz CT molecular complexity index is 1380. The number of rotatable bonds is 4. The number of aryl methyl sites for hydroxylation is 2. The molecule has 1 aliphatic heterocycles. The van der Waals surface area contributed by atoms with Gasteiger partial charge >= 0.3 is 0 Å². The zero-order valence-corrected chi connectivity index (χ0v) is 18.5. The van der Waals surface area contributed by atoms with Gasteiger partial charge in [-0.15, -0.1) is 10.2 Å². The van der Waals surface area contributed by atoms with Gasteiger partial charge in [0.25, 0.3) is 0 Å². The molecule has 5 rings (SSSR count). The van der Waals surface area contributed by atoms with Crippen molar-refractivity contribution >= 4 is 5.69 Å². The number of aromatic nitrogens is 6. The van der Waals surface area contributed by atoms with Crippen molar-refractivity contribution in [1.82, 2.24) is 29.7 Å². The molecule has 0 bridgehead atoms. The van der Waals surface area contributed by atoms with E-state index in [4.69, 9.17) is 9.40 Å². The molecule has 0 atom stereocenters. The average Bonchev–Trinajstić information content (AvgIpc) is 3.48. The highest BCUT2D eigenvalue weighted by Gasteiger charge is 2.41. The maximum atomic E-state index is 15.7. The molecule has 0 spiro atoms. The van der Waals surface area contributed by atoms with Crippen molar-refractivity contribution in [2.24, 2.45) is 7.05 Å². The van der Waals surface area contributed by atoms with Gasteiger partial charge in [0, 0.05) is 51.7 Å². The Labute approximate surface area is 193 Å². The summed E-state index contributed by atoms with van der Waals surface area (Å²) in [5.74, 6) is 0.519. The van der Waals surface area contributed by atoms with Gasteiger partial charge in [0.05, 0.1) is 23.1 Å². The second-order valence-electron chi connectivity index (χ2n) is 8.20. The Balaban J connectivity index is 1.58. The molecule has 5 heterocycles. The van der Waals surface area contributed by atoms with E-state index in [1.807, 2.05) is 4.90 Å². The maximum Gasteiger partial charge on any atom is 0.212 e. The van der Waals surface area contributed by atoms with Crippen molar-refractivity contribution in [3.63, 3.8) is 0 Å². The summed E-state index contributed by atoms with van der Waals surface area (Å²) in [6.07, 6.45) is 4.69. The lowest BCUT2D eigenvalue weighted by Gasteiger charge is -2.37. The number of anilines is 1. The van der Waals surface area contributed by atoms with E-state index in [2.05, 4.69) is 26.2 Å². The van der Waals surface area contributed by atoms with Crippen LogP contribution in [0.1, 0.15) is 30.1 Å². The van der Waals surface area contributed by atoms with E-state index in [0.717, 1.165) is 0 Å². The van der Waals surface area contributed by atoms with E-state index in [-0.39, 0.29) is 18.7 Å². The third-order valence-corrected chi connectivity index (χ3v) is 5.97. The minimum Gasteiger partial charge on any atom is -0.439 e. The monoisotopic (exact) mass is 462 g/mol. The van der Waals surface area contributed by atoms with Gasteiger partial charge in [0.15, 0.2) is 23.1 Å². The predicted molar refractivity (Wildman–Crippen MR) is 118 cm³/mol. The van der Waals surface area contributed by atoms with Crippen molar-refractivity contribution in [2.75, 3.05) is 18.0 Å². The molecule has 0 saturated carbocycles. The fourth-order valence-corrected chi connectivity index (χ4v) is 4.26. The van der Waals surface area contributed by atoms with Crippen molar-refractivity contribution in [3.05, 3.63) is 60.1 Å². The lowest BCUT2D eigenvalue weighted by atomic mass is 9.91. The summed E-state index contributed by atoms with van der Waals surface area (Å²) in [5.41, 5.74) is 0.615. The fraction of sp³-hybridized carbons (Fsp3) is 0.304. The van der Waals surface area contributed by atoms with Gasteiger partial charge in [-0.25, -0.2) is 19.3 Å². The topological polar surface area (TPSA) is 110 Å². The van der Waals surface area contributed by atoms with Crippen LogP contribution in [-0.2, 0) is 12.7 Å². The first-order valence-electron chi connectivity index (χ1n) is 10.7. The van der Waals surface area contributed by atoms with E-state index in [0.29, 0.717) is 52.9 Å². The smallest absolute Gasteiger partial charge is 0.212 e. The third kappa shape index (κ3) is 3.77. The molecule has 1 saturated heterocycles. The van der Waals surface area contributed by atoms with E-state index in [1.54, 1.807) is 30.7 Å². The largest absolute Gasteiger partial charge is 0.439 e. The van der Waals surface area contributed by atoms with Gasteiger partial charge in [-0.1, -0.05) is 0 Å². The molecule has 1 fully saturated rings. The van der Waals surface area contributed by atoms with Crippen molar-refractivity contribution in [1.29, 1.82) is 5.26 Å². The van der Waals surface area contributed by atoms with E-state index < -0.39 is 11.6 Å². The van der Waals surface area contributed by atoms with E-state index >= 15 is 4.39 Å². The summed E-state index contributed by atoms with van der Waals surface area (Å²) in [6.45, 7) is 2.35. The number of oxazole rings is 1. The number of hydrogen-bond acceptors (Lipinski definition) is 8. The lowest BCUT2D eigenvalue weighted by Crippen LogP contribution is -2.42. The van der Waals surface area contributed by atoms with Crippen LogP contribution in [0.15, 0.2) is 41.3 Å². The summed E-state index contributed by atoms with van der Waals surface area (Å²) in [6, 6.07) is 6.63. The summed E-state index contributed by atoms with van der Waals surface area (Å²) >= 11 is 0. The van der Waals surface area contributed by atoms with Crippen molar-refractivity contribution in [2.45, 2.75) is 25.4 Å². The standard InChI is InChI=1S/C23H20F2N8O/c1-14-27-12-18(34-14)17-9-16(10-26)21(20(30-17)15-3-4-19(24)28-11-15)33-7-5-23(25,6-8-33)22-31-29-13-32(22)2/h3-4,9,11-13H,5-8H2,1-2H3. The number of alkyl halides is 1. The van der Waals surface area contributed by atoms with Crippen LogP contribution in [-0.4, -0.2) is 42.8 Å². The summed E-state index contributed by atoms with van der Waals surface area (Å²) in [7, 11) is 1.71. The first-order chi connectivity index (χ1) is 16.4. The summed E-state index contributed by atoms with van der Waals surface area (Å²) in [5, 5.41) is 17.8. The van der Waals surface area contributed by atoms with Crippen LogP contribution >= 0.6 is 0 Å². The molecule has 4 aromatic heterocycles. The number of nitriles is 1. The number of hydrogen-bond donors (Lipinski definition) is 0. The van der Waals surface area contributed by atoms with Gasteiger partial charge in [-0.05, 0) is 18.2 Å². The molecule has 1 aliphatic rings. The van der Waals surface area contributed by atoms with Crippen LogP contribution in [0, 0.1) is 24.2 Å². The maximum absolute atomic E-state index is 15.7. The van der Waals surface area contributed by atoms with E-state index in [9.17, 15) is 9.65 Å². The quantitative estimate of drug-likeness (QED) is 0.422. The molecule has 0 unspecified atom stereocenters. The molecular formula is C23H20F2N8O. The molecule has 34 heavy (non-hydrogen) atoms.